The number of hydrogen-bond acceptors (Lipinski definition) is 6. The maximum atomic E-state index is 12.0. The highest BCUT2D eigenvalue weighted by molar-refractivity contribution is 5.91. The molecule has 0 saturated carbocycles. The monoisotopic (exact) mass is 348 g/mol. The van der Waals surface area contributed by atoms with E-state index >= 15 is 0 Å². The number of aromatic nitrogens is 2. The van der Waals surface area contributed by atoms with Gasteiger partial charge in [-0.05, 0) is 43.7 Å². The number of methoxy groups -OCH3 is 1. The van der Waals surface area contributed by atoms with Crippen molar-refractivity contribution >= 4 is 11.0 Å². The highest BCUT2D eigenvalue weighted by atomic mass is 16.5. The number of rotatable bonds is 3. The second kappa shape index (κ2) is 6.15. The van der Waals surface area contributed by atoms with Gasteiger partial charge in [0, 0.05) is 23.4 Å². The molecule has 1 aromatic carbocycles. The predicted octanol–water partition coefficient (Wildman–Crippen LogP) is 4.14. The lowest BCUT2D eigenvalue weighted by molar-refractivity contribution is 0.416. The lowest BCUT2D eigenvalue weighted by Crippen LogP contribution is -2.06. The highest BCUT2D eigenvalue weighted by Crippen LogP contribution is 2.35. The highest BCUT2D eigenvalue weighted by Gasteiger charge is 2.17. The zero-order chi connectivity index (χ0) is 18.3. The van der Waals surface area contributed by atoms with Gasteiger partial charge in [0.15, 0.2) is 5.76 Å². The van der Waals surface area contributed by atoms with Gasteiger partial charge in [-0.1, -0.05) is 11.2 Å². The molecule has 0 fully saturated rings. The van der Waals surface area contributed by atoms with Crippen LogP contribution in [0, 0.1) is 13.8 Å². The predicted molar refractivity (Wildman–Crippen MR) is 97.2 cm³/mol. The largest absolute Gasteiger partial charge is 0.496 e. The molecule has 0 aliphatic heterocycles. The number of benzene rings is 1. The lowest BCUT2D eigenvalue weighted by Gasteiger charge is -2.10. The lowest BCUT2D eigenvalue weighted by atomic mass is 10.0. The van der Waals surface area contributed by atoms with Gasteiger partial charge in [0.2, 0.25) is 0 Å². The molecule has 4 aromatic rings. The minimum Gasteiger partial charge on any atom is -0.496 e. The molecule has 0 N–H and O–H groups in total. The first kappa shape index (κ1) is 16.1. The first-order valence-corrected chi connectivity index (χ1v) is 8.09. The van der Waals surface area contributed by atoms with Gasteiger partial charge in [-0.2, -0.15) is 0 Å². The van der Waals surface area contributed by atoms with Crippen LogP contribution in [0.1, 0.15) is 11.1 Å². The minimum atomic E-state index is -0.360. The fraction of sp³-hybridized carbons (Fsp3) is 0.150. The Kier molecular flexibility index (Phi) is 3.80. The fourth-order valence-corrected chi connectivity index (χ4v) is 2.91. The van der Waals surface area contributed by atoms with Gasteiger partial charge in [-0.25, -0.2) is 4.79 Å². The zero-order valence-corrected chi connectivity index (χ0v) is 14.6. The average Bonchev–Trinajstić information content (AvgIpc) is 3.16. The molecule has 3 heterocycles. The summed E-state index contributed by atoms with van der Waals surface area (Å²) in [7, 11) is 1.58. The van der Waals surface area contributed by atoms with E-state index < -0.39 is 0 Å². The van der Waals surface area contributed by atoms with Crippen LogP contribution in [0.25, 0.3) is 33.7 Å². The summed E-state index contributed by atoms with van der Waals surface area (Å²) in [6, 6.07) is 11.0. The molecule has 0 aliphatic rings. The van der Waals surface area contributed by atoms with Crippen molar-refractivity contribution in [2.45, 2.75) is 13.8 Å². The summed E-state index contributed by atoms with van der Waals surface area (Å²) in [6.07, 6.45) is 1.70. The van der Waals surface area contributed by atoms with Gasteiger partial charge in [0.25, 0.3) is 0 Å². The summed E-state index contributed by atoms with van der Waals surface area (Å²) in [5, 5.41) is 4.85. The molecule has 6 nitrogen and oxygen atoms in total. The van der Waals surface area contributed by atoms with E-state index in [2.05, 4.69) is 10.1 Å². The Morgan fingerprint density at radius 2 is 1.88 bits per heavy atom. The second-order valence-corrected chi connectivity index (χ2v) is 5.98. The SMILES string of the molecule is COc1cc(-c2cc(-c3ccccn3)no2)cc2oc(=O)c(C)c(C)c12. The molecule has 0 aliphatic carbocycles. The van der Waals surface area contributed by atoms with Crippen LogP contribution in [0.5, 0.6) is 5.75 Å². The Hall–Kier alpha value is -3.41. The summed E-state index contributed by atoms with van der Waals surface area (Å²) in [5.41, 5.74) is 3.54. The van der Waals surface area contributed by atoms with Crippen molar-refractivity contribution in [3.63, 3.8) is 0 Å². The molecule has 3 aromatic heterocycles. The van der Waals surface area contributed by atoms with E-state index in [-0.39, 0.29) is 5.63 Å². The van der Waals surface area contributed by atoms with Gasteiger partial charge in [-0.15, -0.1) is 0 Å². The van der Waals surface area contributed by atoms with Gasteiger partial charge >= 0.3 is 5.63 Å². The molecule has 0 amide bonds. The molecule has 0 bridgehead atoms. The van der Waals surface area contributed by atoms with E-state index in [4.69, 9.17) is 13.7 Å². The van der Waals surface area contributed by atoms with Crippen LogP contribution in [0.4, 0.5) is 0 Å². The molecule has 0 radical (unpaired) electrons. The summed E-state index contributed by atoms with van der Waals surface area (Å²) in [5.74, 6) is 1.14. The van der Waals surface area contributed by atoms with E-state index in [0.717, 1.165) is 10.9 Å². The minimum absolute atomic E-state index is 0.360. The third kappa shape index (κ3) is 2.56. The van der Waals surface area contributed by atoms with E-state index in [1.165, 1.54) is 0 Å². The van der Waals surface area contributed by atoms with Crippen LogP contribution in [-0.4, -0.2) is 17.3 Å². The van der Waals surface area contributed by atoms with Crippen molar-refractivity contribution in [3.05, 3.63) is 64.1 Å². The Labute approximate surface area is 149 Å². The van der Waals surface area contributed by atoms with Gasteiger partial charge < -0.3 is 13.7 Å². The Morgan fingerprint density at radius 3 is 2.62 bits per heavy atom. The second-order valence-electron chi connectivity index (χ2n) is 5.98. The summed E-state index contributed by atoms with van der Waals surface area (Å²) in [6.45, 7) is 3.62. The van der Waals surface area contributed by atoms with Crippen LogP contribution in [-0.2, 0) is 0 Å². The van der Waals surface area contributed by atoms with Crippen LogP contribution in [0.15, 0.2) is 56.3 Å². The Morgan fingerprint density at radius 1 is 1.04 bits per heavy atom. The molecule has 4 rings (SSSR count). The standard InChI is InChI=1S/C20H16N2O4/c1-11-12(2)20(23)25-18-9-13(8-17(24-3)19(11)18)16-10-15(22-26-16)14-6-4-5-7-21-14/h4-10H,1-3H3. The van der Waals surface area contributed by atoms with Crippen molar-refractivity contribution < 1.29 is 13.7 Å². The number of pyridine rings is 1. The zero-order valence-electron chi connectivity index (χ0n) is 14.6. The fourth-order valence-electron chi connectivity index (χ4n) is 2.91. The van der Waals surface area contributed by atoms with E-state index in [1.807, 2.05) is 31.2 Å². The van der Waals surface area contributed by atoms with Crippen LogP contribution >= 0.6 is 0 Å². The normalized spacial score (nSPS) is 11.0. The molecule has 0 spiro atoms. The number of fused-ring (bicyclic) bond motifs is 1. The quantitative estimate of drug-likeness (QED) is 0.518. The molecule has 6 heteroatoms. The molecular formula is C20H16N2O4. The van der Waals surface area contributed by atoms with E-state index in [9.17, 15) is 4.79 Å². The topological polar surface area (TPSA) is 78.4 Å². The number of ether oxygens (including phenoxy) is 1. The van der Waals surface area contributed by atoms with Crippen LogP contribution in [0.2, 0.25) is 0 Å². The van der Waals surface area contributed by atoms with Crippen LogP contribution in [0.3, 0.4) is 0 Å². The van der Waals surface area contributed by atoms with Crippen molar-refractivity contribution in [1.82, 2.24) is 10.1 Å². The first-order chi connectivity index (χ1) is 12.6. The third-order valence-corrected chi connectivity index (χ3v) is 4.45. The maximum absolute atomic E-state index is 12.0. The van der Waals surface area contributed by atoms with Gasteiger partial charge in [0.05, 0.1) is 18.2 Å². The van der Waals surface area contributed by atoms with Crippen molar-refractivity contribution in [3.8, 4) is 28.5 Å². The smallest absolute Gasteiger partial charge is 0.339 e. The molecule has 130 valence electrons. The summed E-state index contributed by atoms with van der Waals surface area (Å²) >= 11 is 0. The van der Waals surface area contributed by atoms with Crippen molar-refractivity contribution in [2.75, 3.05) is 7.11 Å². The third-order valence-electron chi connectivity index (χ3n) is 4.45. The molecule has 0 unspecified atom stereocenters. The van der Waals surface area contributed by atoms with Crippen molar-refractivity contribution in [1.29, 1.82) is 0 Å². The summed E-state index contributed by atoms with van der Waals surface area (Å²) in [4.78, 5) is 16.3. The van der Waals surface area contributed by atoms with E-state index in [0.29, 0.717) is 39.6 Å². The number of aryl methyl sites for hydroxylation is 1. The van der Waals surface area contributed by atoms with Crippen LogP contribution < -0.4 is 10.4 Å². The van der Waals surface area contributed by atoms with Crippen molar-refractivity contribution in [2.24, 2.45) is 0 Å². The maximum Gasteiger partial charge on any atom is 0.339 e. The molecule has 0 atom stereocenters. The summed E-state index contributed by atoms with van der Waals surface area (Å²) < 4.78 is 16.5. The number of hydrogen-bond donors (Lipinski definition) is 0. The average molecular weight is 348 g/mol. The molecular weight excluding hydrogens is 332 g/mol. The molecule has 26 heavy (non-hydrogen) atoms. The van der Waals surface area contributed by atoms with Gasteiger partial charge in [-0.3, -0.25) is 4.98 Å². The first-order valence-electron chi connectivity index (χ1n) is 8.09. The Bertz CT molecular complexity index is 1160. The van der Waals surface area contributed by atoms with Gasteiger partial charge in [0.1, 0.15) is 17.0 Å². The molecule has 0 saturated heterocycles. The van der Waals surface area contributed by atoms with E-state index in [1.54, 1.807) is 32.4 Å². The Balaban J connectivity index is 1.89. The number of nitrogens with zero attached hydrogens (tertiary/aromatic N) is 2.